The molecule has 2 N–H and O–H groups in total. The number of rotatable bonds is 7. The predicted molar refractivity (Wildman–Crippen MR) is 118 cm³/mol. The Bertz CT molecular complexity index is 1090. The van der Waals surface area contributed by atoms with E-state index in [0.717, 1.165) is 0 Å². The maximum atomic E-state index is 14.4. The van der Waals surface area contributed by atoms with Crippen LogP contribution in [0.3, 0.4) is 0 Å². The summed E-state index contributed by atoms with van der Waals surface area (Å²) in [6, 6.07) is 8.47. The third kappa shape index (κ3) is 5.03. The number of ether oxygens (including phenoxy) is 2. The number of methoxy groups -OCH3 is 1. The molecule has 0 aromatic heterocycles. The van der Waals surface area contributed by atoms with Crippen LogP contribution in [0.4, 0.5) is 20.6 Å². The summed E-state index contributed by atoms with van der Waals surface area (Å²) in [6.45, 7) is 3.58. The molecule has 0 saturated heterocycles. The molecular weight excluding hydrogens is 435 g/mol. The number of nitrogens with zero attached hydrogens (tertiary/aromatic N) is 2. The minimum Gasteiger partial charge on any atom is -0.494 e. The summed E-state index contributed by atoms with van der Waals surface area (Å²) in [5.41, 5.74) is 3.67. The summed E-state index contributed by atoms with van der Waals surface area (Å²) in [5.74, 6) is -1.76. The molecule has 2 aromatic rings. The Morgan fingerprint density at radius 2 is 1.91 bits per heavy atom. The van der Waals surface area contributed by atoms with Gasteiger partial charge in [0.05, 0.1) is 24.3 Å². The molecule has 2 aromatic carbocycles. The van der Waals surface area contributed by atoms with E-state index in [1.165, 1.54) is 42.5 Å². The molecule has 2 amide bonds. The third-order valence-corrected chi connectivity index (χ3v) is 5.14. The fourth-order valence-electron chi connectivity index (χ4n) is 3.55. The number of amides is 2. The number of carbonyl (C=O) groups is 2. The second-order valence-corrected chi connectivity index (χ2v) is 7.17. The van der Waals surface area contributed by atoms with Crippen LogP contribution in [-0.2, 0) is 9.53 Å². The van der Waals surface area contributed by atoms with Crippen molar-refractivity contribution in [2.75, 3.05) is 19.0 Å². The van der Waals surface area contributed by atoms with E-state index in [1.54, 1.807) is 32.2 Å². The minimum atomic E-state index is -0.893. The topological polar surface area (TPSA) is 123 Å². The number of nitro groups is 1. The van der Waals surface area contributed by atoms with Gasteiger partial charge in [0, 0.05) is 24.3 Å². The van der Waals surface area contributed by atoms with Gasteiger partial charge in [0.25, 0.3) is 5.69 Å². The number of carbonyl (C=O) groups excluding carboxylic acids is 2. The molecule has 10 nitrogen and oxygen atoms in total. The van der Waals surface area contributed by atoms with Gasteiger partial charge in [0.2, 0.25) is 0 Å². The molecular formula is C22H23FN4O6. The van der Waals surface area contributed by atoms with E-state index in [2.05, 4.69) is 10.7 Å². The van der Waals surface area contributed by atoms with Crippen LogP contribution < -0.4 is 15.5 Å². The van der Waals surface area contributed by atoms with Crippen LogP contribution in [-0.4, -0.2) is 41.7 Å². The Balaban J connectivity index is 1.85. The van der Waals surface area contributed by atoms with Crippen LogP contribution in [0.25, 0.3) is 5.57 Å². The first-order chi connectivity index (χ1) is 15.8. The molecule has 33 heavy (non-hydrogen) atoms. The van der Waals surface area contributed by atoms with E-state index < -0.39 is 34.7 Å². The van der Waals surface area contributed by atoms with Crippen LogP contribution in [0, 0.1) is 21.8 Å². The number of nitro benzene ring substituents is 1. The Morgan fingerprint density at radius 3 is 2.52 bits per heavy atom. The van der Waals surface area contributed by atoms with Gasteiger partial charge >= 0.3 is 12.0 Å². The Morgan fingerprint density at radius 1 is 1.21 bits per heavy atom. The highest BCUT2D eigenvalue weighted by molar-refractivity contribution is 5.91. The lowest BCUT2D eigenvalue weighted by molar-refractivity contribution is -0.384. The average molecular weight is 458 g/mol. The van der Waals surface area contributed by atoms with Crippen LogP contribution in [0.2, 0.25) is 0 Å². The first-order valence-electron chi connectivity index (χ1n) is 10.1. The number of non-ortho nitro benzene ring substituents is 1. The molecule has 174 valence electrons. The number of benzene rings is 2. The van der Waals surface area contributed by atoms with Crippen molar-refractivity contribution < 1.29 is 28.4 Å². The Kier molecular flexibility index (Phi) is 7.11. The van der Waals surface area contributed by atoms with Gasteiger partial charge in [0.1, 0.15) is 0 Å². The highest BCUT2D eigenvalue weighted by Gasteiger charge is 2.40. The van der Waals surface area contributed by atoms with Gasteiger partial charge in [-0.05, 0) is 42.3 Å². The average Bonchev–Trinajstić information content (AvgIpc) is 3.11. The summed E-state index contributed by atoms with van der Waals surface area (Å²) >= 11 is 0. The number of nitrogens with one attached hydrogen (secondary N) is 2. The highest BCUT2D eigenvalue weighted by Crippen LogP contribution is 2.35. The lowest BCUT2D eigenvalue weighted by atomic mass is 9.92. The second kappa shape index (κ2) is 9.98. The van der Waals surface area contributed by atoms with E-state index in [4.69, 9.17) is 9.47 Å². The zero-order valence-electron chi connectivity index (χ0n) is 18.2. The lowest BCUT2D eigenvalue weighted by Crippen LogP contribution is -2.50. The minimum absolute atomic E-state index is 0.0349. The number of anilines is 1. The van der Waals surface area contributed by atoms with Crippen LogP contribution in [0.15, 0.2) is 48.7 Å². The van der Waals surface area contributed by atoms with Crippen molar-refractivity contribution in [3.05, 3.63) is 70.2 Å². The smallest absolute Gasteiger partial charge is 0.338 e. The quantitative estimate of drug-likeness (QED) is 0.368. The highest BCUT2D eigenvalue weighted by atomic mass is 19.1. The van der Waals surface area contributed by atoms with Gasteiger partial charge < -0.3 is 14.8 Å². The molecule has 0 aliphatic carbocycles. The number of hydrazine groups is 1. The van der Waals surface area contributed by atoms with E-state index in [0.29, 0.717) is 11.1 Å². The summed E-state index contributed by atoms with van der Waals surface area (Å²) < 4.78 is 24.4. The number of halogens is 1. The van der Waals surface area contributed by atoms with E-state index >= 15 is 0 Å². The number of urea groups is 1. The molecule has 11 heteroatoms. The van der Waals surface area contributed by atoms with Crippen molar-refractivity contribution in [1.29, 1.82) is 0 Å². The molecule has 1 aliphatic rings. The Labute approximate surface area is 189 Å². The van der Waals surface area contributed by atoms with Crippen LogP contribution >= 0.6 is 0 Å². The summed E-state index contributed by atoms with van der Waals surface area (Å²) in [4.78, 5) is 35.6. The third-order valence-electron chi connectivity index (χ3n) is 5.14. The first-order valence-corrected chi connectivity index (χ1v) is 10.1. The standard InChI is InChI=1S/C22H23FN4O6/c1-4-33-21(28)20-13(2)16(14-8-10-15(11-9-14)27(30)31)12-26(20)25-22(29)24-17-6-5-7-18(32-3)19(17)23/h5-13,20H,4H2,1-3H3,(H2,24,25,29)/t13-,20?/m1/s1. The molecule has 0 spiro atoms. The van der Waals surface area contributed by atoms with Crippen LogP contribution in [0.1, 0.15) is 19.4 Å². The van der Waals surface area contributed by atoms with E-state index in [-0.39, 0.29) is 23.7 Å². The van der Waals surface area contributed by atoms with Crippen molar-refractivity contribution >= 4 is 28.9 Å². The van der Waals surface area contributed by atoms with Crippen LogP contribution in [0.5, 0.6) is 5.75 Å². The SMILES string of the molecule is CCOC(=O)C1[C@H](C)C(c2ccc([N+](=O)[O-])cc2)=CN1NC(=O)Nc1cccc(OC)c1F. The number of esters is 1. The second-order valence-electron chi connectivity index (χ2n) is 7.17. The van der Waals surface area contributed by atoms with Gasteiger partial charge in [0.15, 0.2) is 17.6 Å². The molecule has 1 heterocycles. The van der Waals surface area contributed by atoms with Gasteiger partial charge in [-0.1, -0.05) is 13.0 Å². The molecule has 3 rings (SSSR count). The molecule has 0 saturated carbocycles. The van der Waals surface area contributed by atoms with Gasteiger partial charge in [-0.3, -0.25) is 15.1 Å². The van der Waals surface area contributed by atoms with Crippen molar-refractivity contribution in [1.82, 2.24) is 10.4 Å². The molecule has 0 fully saturated rings. The van der Waals surface area contributed by atoms with Gasteiger partial charge in [-0.25, -0.2) is 19.4 Å². The molecule has 2 atom stereocenters. The zero-order valence-corrected chi connectivity index (χ0v) is 18.2. The molecule has 1 unspecified atom stereocenters. The largest absolute Gasteiger partial charge is 0.494 e. The Hall–Kier alpha value is -4.15. The summed E-state index contributed by atoms with van der Waals surface area (Å²) in [6.07, 6.45) is 1.55. The van der Waals surface area contributed by atoms with Crippen molar-refractivity contribution in [2.24, 2.45) is 5.92 Å². The van der Waals surface area contributed by atoms with Gasteiger partial charge in [-0.2, -0.15) is 0 Å². The normalized spacial score (nSPS) is 17.2. The molecule has 0 radical (unpaired) electrons. The molecule has 1 aliphatic heterocycles. The summed E-state index contributed by atoms with van der Waals surface area (Å²) in [5, 5.41) is 14.6. The van der Waals surface area contributed by atoms with E-state index in [1.807, 2.05) is 0 Å². The summed E-state index contributed by atoms with van der Waals surface area (Å²) in [7, 11) is 1.31. The van der Waals surface area contributed by atoms with Crippen molar-refractivity contribution in [3.8, 4) is 5.75 Å². The predicted octanol–water partition coefficient (Wildman–Crippen LogP) is 3.70. The fourth-order valence-corrected chi connectivity index (χ4v) is 3.55. The fraction of sp³-hybridized carbons (Fsp3) is 0.273. The first kappa shape index (κ1) is 23.5. The molecule has 0 bridgehead atoms. The lowest BCUT2D eigenvalue weighted by Gasteiger charge is -2.27. The van der Waals surface area contributed by atoms with Gasteiger partial charge in [-0.15, -0.1) is 0 Å². The maximum absolute atomic E-state index is 14.4. The number of hydrogen-bond acceptors (Lipinski definition) is 7. The monoisotopic (exact) mass is 458 g/mol. The number of hydrogen-bond donors (Lipinski definition) is 2. The maximum Gasteiger partial charge on any atom is 0.338 e. The van der Waals surface area contributed by atoms with E-state index in [9.17, 15) is 24.1 Å². The zero-order chi connectivity index (χ0) is 24.1. The van der Waals surface area contributed by atoms with Crippen molar-refractivity contribution in [2.45, 2.75) is 19.9 Å². The van der Waals surface area contributed by atoms with Crippen molar-refractivity contribution in [3.63, 3.8) is 0 Å².